The first-order valence-corrected chi connectivity index (χ1v) is 10.8. The van der Waals surface area contributed by atoms with Crippen LogP contribution in [0.3, 0.4) is 0 Å². The third-order valence-electron chi connectivity index (χ3n) is 5.47. The van der Waals surface area contributed by atoms with Crippen LogP contribution in [0.2, 0.25) is 0 Å². The molecule has 2 aromatic heterocycles. The third-order valence-corrected chi connectivity index (χ3v) is 5.87. The van der Waals surface area contributed by atoms with Crippen LogP contribution in [-0.4, -0.2) is 26.4 Å². The molecule has 5 rings (SSSR count). The zero-order chi connectivity index (χ0) is 21.9. The van der Waals surface area contributed by atoms with E-state index in [4.69, 9.17) is 17.0 Å². The highest BCUT2D eigenvalue weighted by molar-refractivity contribution is 7.71. The molecule has 0 radical (unpaired) electrons. The van der Waals surface area contributed by atoms with Crippen LogP contribution in [0.4, 0.5) is 0 Å². The Kier molecular flexibility index (Phi) is 5.44. The van der Waals surface area contributed by atoms with Crippen LogP contribution < -0.4 is 4.74 Å². The Hall–Kier alpha value is -3.90. The van der Waals surface area contributed by atoms with Gasteiger partial charge in [-0.05, 0) is 47.6 Å². The third kappa shape index (κ3) is 3.76. The molecule has 0 saturated heterocycles. The van der Waals surface area contributed by atoms with Gasteiger partial charge in [-0.25, -0.2) is 4.68 Å². The molecule has 3 aromatic carbocycles. The van der Waals surface area contributed by atoms with Crippen molar-refractivity contribution in [3.8, 4) is 33.8 Å². The molecule has 1 N–H and O–H groups in total. The van der Waals surface area contributed by atoms with Crippen LogP contribution in [0.15, 0.2) is 97.5 Å². The Morgan fingerprint density at radius 1 is 0.875 bits per heavy atom. The van der Waals surface area contributed by atoms with Crippen molar-refractivity contribution < 1.29 is 4.74 Å². The van der Waals surface area contributed by atoms with Crippen LogP contribution in [0, 0.1) is 4.77 Å². The molecule has 0 atom stereocenters. The number of benzene rings is 3. The van der Waals surface area contributed by atoms with Crippen molar-refractivity contribution in [2.24, 2.45) is 0 Å². The Morgan fingerprint density at radius 2 is 1.56 bits per heavy atom. The second kappa shape index (κ2) is 8.69. The van der Waals surface area contributed by atoms with Gasteiger partial charge in [0, 0.05) is 17.3 Å². The average molecular weight is 439 g/mol. The van der Waals surface area contributed by atoms with Crippen molar-refractivity contribution in [2.75, 3.05) is 7.11 Å². The summed E-state index contributed by atoms with van der Waals surface area (Å²) in [7, 11) is 1.67. The predicted octanol–water partition coefficient (Wildman–Crippen LogP) is 6.12. The largest absolute Gasteiger partial charge is 0.497 e. The number of ether oxygens (including phenoxy) is 1. The molecular weight excluding hydrogens is 416 g/mol. The van der Waals surface area contributed by atoms with Gasteiger partial charge in [0.15, 0.2) is 0 Å². The Labute approximate surface area is 191 Å². The normalized spacial score (nSPS) is 10.9. The molecule has 32 heavy (non-hydrogen) atoms. The summed E-state index contributed by atoms with van der Waals surface area (Å²) >= 11 is 5.86. The van der Waals surface area contributed by atoms with Crippen molar-refractivity contribution in [1.82, 2.24) is 19.3 Å². The SMILES string of the molecule is COc1ccc(-c2[nH]cc(-c3ccccc3)c2-n2cnn(Cc3ccccc3)c2=S)cc1. The number of nitrogens with zero attached hydrogens (tertiary/aromatic N) is 3. The second-order valence-electron chi connectivity index (χ2n) is 7.45. The van der Waals surface area contributed by atoms with E-state index in [1.807, 2.05) is 76.1 Å². The van der Waals surface area contributed by atoms with Crippen LogP contribution >= 0.6 is 12.2 Å². The first kappa shape index (κ1) is 20.0. The summed E-state index contributed by atoms with van der Waals surface area (Å²) < 4.78 is 9.80. The smallest absolute Gasteiger partial charge is 0.202 e. The highest BCUT2D eigenvalue weighted by atomic mass is 32.1. The molecular formula is C26H22N4OS. The minimum absolute atomic E-state index is 0.621. The Morgan fingerprint density at radius 3 is 2.25 bits per heavy atom. The fourth-order valence-corrected chi connectivity index (χ4v) is 4.09. The fourth-order valence-electron chi connectivity index (χ4n) is 3.84. The molecule has 0 amide bonds. The first-order valence-electron chi connectivity index (χ1n) is 10.3. The van der Waals surface area contributed by atoms with Crippen molar-refractivity contribution >= 4 is 12.2 Å². The first-order chi connectivity index (χ1) is 15.7. The summed E-state index contributed by atoms with van der Waals surface area (Å²) in [6.07, 6.45) is 3.83. The summed E-state index contributed by atoms with van der Waals surface area (Å²) in [5, 5.41) is 4.61. The predicted molar refractivity (Wildman–Crippen MR) is 130 cm³/mol. The molecule has 0 unspecified atom stereocenters. The van der Waals surface area contributed by atoms with Crippen molar-refractivity contribution in [3.05, 3.63) is 108 Å². The lowest BCUT2D eigenvalue weighted by Crippen LogP contribution is -2.03. The lowest BCUT2D eigenvalue weighted by Gasteiger charge is -2.10. The van der Waals surface area contributed by atoms with Gasteiger partial charge in [0.05, 0.1) is 25.0 Å². The molecule has 0 spiro atoms. The molecule has 5 nitrogen and oxygen atoms in total. The van der Waals surface area contributed by atoms with Gasteiger partial charge in [0.1, 0.15) is 12.1 Å². The minimum Gasteiger partial charge on any atom is -0.497 e. The molecule has 2 heterocycles. The van der Waals surface area contributed by atoms with E-state index < -0.39 is 0 Å². The molecule has 5 aromatic rings. The summed E-state index contributed by atoms with van der Waals surface area (Å²) in [4.78, 5) is 3.47. The Bertz CT molecular complexity index is 1380. The van der Waals surface area contributed by atoms with Crippen molar-refractivity contribution in [2.45, 2.75) is 6.54 Å². The summed E-state index contributed by atoms with van der Waals surface area (Å²) in [5.74, 6) is 0.817. The Balaban J connectivity index is 1.65. The van der Waals surface area contributed by atoms with E-state index in [0.717, 1.165) is 39.4 Å². The number of rotatable bonds is 6. The van der Waals surface area contributed by atoms with Gasteiger partial charge in [0.2, 0.25) is 4.77 Å². The van der Waals surface area contributed by atoms with E-state index in [9.17, 15) is 0 Å². The zero-order valence-electron chi connectivity index (χ0n) is 17.6. The lowest BCUT2D eigenvalue weighted by atomic mass is 10.0. The van der Waals surface area contributed by atoms with Crippen molar-refractivity contribution in [3.63, 3.8) is 0 Å². The maximum Gasteiger partial charge on any atom is 0.202 e. The van der Waals surface area contributed by atoms with Gasteiger partial charge in [0.25, 0.3) is 0 Å². The van der Waals surface area contributed by atoms with Crippen LogP contribution in [0.1, 0.15) is 5.56 Å². The number of nitrogens with one attached hydrogen (secondary N) is 1. The number of aromatic nitrogens is 4. The molecule has 0 aliphatic carbocycles. The highest BCUT2D eigenvalue weighted by Crippen LogP contribution is 2.36. The van der Waals surface area contributed by atoms with Gasteiger partial charge < -0.3 is 9.72 Å². The zero-order valence-corrected chi connectivity index (χ0v) is 18.4. The van der Waals surface area contributed by atoms with E-state index in [2.05, 4.69) is 34.3 Å². The maximum absolute atomic E-state index is 5.86. The van der Waals surface area contributed by atoms with E-state index in [1.165, 1.54) is 0 Å². The van der Waals surface area contributed by atoms with Crippen LogP contribution in [-0.2, 0) is 6.54 Å². The number of aromatic amines is 1. The summed E-state index contributed by atoms with van der Waals surface area (Å²) in [6, 6.07) is 28.5. The van der Waals surface area contributed by atoms with Gasteiger partial charge in [-0.3, -0.25) is 4.57 Å². The minimum atomic E-state index is 0.621. The fraction of sp³-hybridized carbons (Fsp3) is 0.0769. The van der Waals surface area contributed by atoms with E-state index >= 15 is 0 Å². The number of methoxy groups -OCH3 is 1. The van der Waals surface area contributed by atoms with Gasteiger partial charge in [-0.15, -0.1) is 0 Å². The molecule has 6 heteroatoms. The van der Waals surface area contributed by atoms with Crippen molar-refractivity contribution in [1.29, 1.82) is 0 Å². The summed E-state index contributed by atoms with van der Waals surface area (Å²) in [6.45, 7) is 0.621. The molecule has 0 aliphatic rings. The maximum atomic E-state index is 5.86. The molecule has 0 fully saturated rings. The molecule has 0 saturated carbocycles. The van der Waals surface area contributed by atoms with Gasteiger partial charge in [-0.2, -0.15) is 5.10 Å². The van der Waals surface area contributed by atoms with E-state index in [1.54, 1.807) is 13.4 Å². The number of hydrogen-bond donors (Lipinski definition) is 1. The quantitative estimate of drug-likeness (QED) is 0.325. The van der Waals surface area contributed by atoms with E-state index in [0.29, 0.717) is 11.3 Å². The van der Waals surface area contributed by atoms with Gasteiger partial charge in [-0.1, -0.05) is 60.7 Å². The highest BCUT2D eigenvalue weighted by Gasteiger charge is 2.18. The second-order valence-corrected chi connectivity index (χ2v) is 7.81. The summed E-state index contributed by atoms with van der Waals surface area (Å²) in [5.41, 5.74) is 6.32. The van der Waals surface area contributed by atoms with Crippen LogP contribution in [0.5, 0.6) is 5.75 Å². The number of H-pyrrole nitrogens is 1. The van der Waals surface area contributed by atoms with Gasteiger partial charge >= 0.3 is 0 Å². The average Bonchev–Trinajstić information content (AvgIpc) is 3.44. The van der Waals surface area contributed by atoms with Crippen LogP contribution in [0.25, 0.3) is 28.1 Å². The van der Waals surface area contributed by atoms with E-state index in [-0.39, 0.29) is 0 Å². The standard InChI is InChI=1S/C26H22N4OS/c1-31-22-14-12-21(13-15-22)24-25(23(16-27-24)20-10-6-3-7-11-20)29-18-28-30(26(29)32)17-19-8-4-2-5-9-19/h2-16,18,27H,17H2,1H3. The monoisotopic (exact) mass is 438 g/mol. The molecule has 0 bridgehead atoms. The molecule has 158 valence electrons. The molecule has 0 aliphatic heterocycles. The lowest BCUT2D eigenvalue weighted by molar-refractivity contribution is 0.415. The number of hydrogen-bond acceptors (Lipinski definition) is 3. The topological polar surface area (TPSA) is 47.8 Å².